The third-order valence-corrected chi connectivity index (χ3v) is 14.4. The van der Waals surface area contributed by atoms with Gasteiger partial charge in [0, 0.05) is 6.42 Å². The lowest BCUT2D eigenvalue weighted by Crippen LogP contribution is -2.50. The molecule has 0 saturated carbocycles. The lowest BCUT2D eigenvalue weighted by Gasteiger charge is -2.40. The molecule has 6 heterocycles. The zero-order valence-corrected chi connectivity index (χ0v) is 28.7. The van der Waals surface area contributed by atoms with E-state index in [4.69, 9.17) is 34.4 Å². The first-order valence-corrected chi connectivity index (χ1v) is 19.5. The molecule has 8 atom stereocenters. The second-order valence-corrected chi connectivity index (χ2v) is 19.4. The van der Waals surface area contributed by atoms with Crippen LogP contribution in [0.15, 0.2) is 23.8 Å². The number of aromatic nitrogens is 8. The standard InChI is InChI=1S/C26H39N10O10PSi/c1-26(2,3)48(4,5)46-18-13(7-37)44-24(36-11-32-17-22(36)33-25(28)34-23(17)39)19(18)45-47(40,41)42-8-14-12(38)6-15(43-14)35-10-31-16-20(27)29-9-30-21(16)35/h9-15,18-19,24,37-38H,6-8H2,1-5H3,(H,40,41)(H2,27,29,30)(H3,28,33,34,39)/t12-,13+,14+,15+,18+,19+,24+/m0/s1. The highest BCUT2D eigenvalue weighted by Crippen LogP contribution is 2.51. The third kappa shape index (κ3) is 6.38. The Labute approximate surface area is 274 Å². The quantitative estimate of drug-likeness (QED) is 0.0968. The number of fused-ring (bicyclic) bond motifs is 2. The van der Waals surface area contributed by atoms with Gasteiger partial charge in [0.1, 0.15) is 42.5 Å². The van der Waals surface area contributed by atoms with Crippen molar-refractivity contribution in [3.05, 3.63) is 29.3 Å². The number of rotatable bonds is 10. The van der Waals surface area contributed by atoms with E-state index in [1.807, 2.05) is 33.9 Å². The minimum Gasteiger partial charge on any atom is -0.408 e. The molecule has 22 heteroatoms. The molecule has 0 spiro atoms. The van der Waals surface area contributed by atoms with Gasteiger partial charge in [-0.3, -0.25) is 28.0 Å². The Morgan fingerprint density at radius 2 is 1.77 bits per heavy atom. The average molecular weight is 711 g/mol. The number of imidazole rings is 2. The first kappa shape index (κ1) is 34.5. The lowest BCUT2D eigenvalue weighted by atomic mass is 10.1. The number of phosphoric ester groups is 1. The van der Waals surface area contributed by atoms with Crippen LogP contribution >= 0.6 is 7.82 Å². The number of hydrogen-bond acceptors (Lipinski definition) is 16. The van der Waals surface area contributed by atoms with Gasteiger partial charge in [-0.25, -0.2) is 24.5 Å². The van der Waals surface area contributed by atoms with Gasteiger partial charge in [0.15, 0.2) is 37.2 Å². The van der Waals surface area contributed by atoms with Gasteiger partial charge in [-0.2, -0.15) is 4.98 Å². The van der Waals surface area contributed by atoms with Gasteiger partial charge in [-0.15, -0.1) is 0 Å². The summed E-state index contributed by atoms with van der Waals surface area (Å²) in [7, 11) is -7.58. The van der Waals surface area contributed by atoms with Gasteiger partial charge >= 0.3 is 7.82 Å². The van der Waals surface area contributed by atoms with Crippen LogP contribution in [0.5, 0.6) is 0 Å². The van der Waals surface area contributed by atoms with E-state index < -0.39 is 77.9 Å². The lowest BCUT2D eigenvalue weighted by molar-refractivity contribution is -0.0593. The summed E-state index contributed by atoms with van der Waals surface area (Å²) < 4.78 is 46.4. The maximum Gasteiger partial charge on any atom is 0.472 e. The molecule has 0 bridgehead atoms. The zero-order chi connectivity index (χ0) is 34.8. The average Bonchev–Trinajstić information content (AvgIpc) is 3.76. The fourth-order valence-electron chi connectivity index (χ4n) is 5.45. The van der Waals surface area contributed by atoms with Gasteiger partial charge in [0.25, 0.3) is 5.56 Å². The molecular weight excluding hydrogens is 671 g/mol. The molecule has 0 radical (unpaired) electrons. The van der Waals surface area contributed by atoms with Crippen LogP contribution in [0.1, 0.15) is 39.6 Å². The van der Waals surface area contributed by atoms with E-state index in [1.54, 1.807) is 4.57 Å². The summed E-state index contributed by atoms with van der Waals surface area (Å²) in [6, 6.07) is 0. The van der Waals surface area contributed by atoms with Crippen molar-refractivity contribution in [2.45, 2.75) is 88.3 Å². The topological polar surface area (TPSA) is 283 Å². The van der Waals surface area contributed by atoms with Crippen molar-refractivity contribution in [3.8, 4) is 0 Å². The second-order valence-electron chi connectivity index (χ2n) is 13.2. The summed E-state index contributed by atoms with van der Waals surface area (Å²) >= 11 is 0. The molecule has 2 saturated heterocycles. The molecule has 0 aliphatic carbocycles. The minimum absolute atomic E-state index is 0.0146. The number of aliphatic hydroxyl groups excluding tert-OH is 2. The first-order chi connectivity index (χ1) is 22.5. The fourth-order valence-corrected chi connectivity index (χ4v) is 7.70. The third-order valence-electron chi connectivity index (χ3n) is 8.99. The summed E-state index contributed by atoms with van der Waals surface area (Å²) in [5.41, 5.74) is 11.8. The van der Waals surface area contributed by atoms with Crippen molar-refractivity contribution in [2.75, 3.05) is 24.7 Å². The van der Waals surface area contributed by atoms with Crippen LogP contribution in [0, 0.1) is 0 Å². The predicted molar refractivity (Wildman–Crippen MR) is 171 cm³/mol. The van der Waals surface area contributed by atoms with E-state index in [-0.39, 0.29) is 34.4 Å². The van der Waals surface area contributed by atoms with E-state index in [2.05, 4.69) is 29.9 Å². The summed E-state index contributed by atoms with van der Waals surface area (Å²) in [6.07, 6.45) is -3.50. The van der Waals surface area contributed by atoms with Gasteiger partial charge in [-0.1, -0.05) is 20.8 Å². The van der Waals surface area contributed by atoms with E-state index in [1.165, 1.54) is 23.5 Å². The van der Waals surface area contributed by atoms with Crippen LogP contribution in [-0.4, -0.2) is 106 Å². The molecule has 0 aromatic carbocycles. The molecule has 8 N–H and O–H groups in total. The van der Waals surface area contributed by atoms with E-state index in [0.717, 1.165) is 0 Å². The van der Waals surface area contributed by atoms with Crippen LogP contribution in [-0.2, 0) is 27.5 Å². The Hall–Kier alpha value is -3.37. The number of nitrogens with zero attached hydrogens (tertiary/aromatic N) is 7. The van der Waals surface area contributed by atoms with Crippen LogP contribution < -0.4 is 17.0 Å². The van der Waals surface area contributed by atoms with Crippen molar-refractivity contribution >= 4 is 50.2 Å². The highest BCUT2D eigenvalue weighted by atomic mass is 31.2. The number of anilines is 2. The first-order valence-electron chi connectivity index (χ1n) is 15.1. The highest BCUT2D eigenvalue weighted by molar-refractivity contribution is 7.47. The Morgan fingerprint density at radius 1 is 1.06 bits per heavy atom. The molecule has 2 aliphatic rings. The highest BCUT2D eigenvalue weighted by Gasteiger charge is 2.54. The number of nitrogen functional groups attached to an aromatic ring is 2. The Morgan fingerprint density at radius 3 is 2.48 bits per heavy atom. The number of nitrogens with two attached hydrogens (primary N) is 2. The molecule has 4 aromatic rings. The van der Waals surface area contributed by atoms with E-state index in [0.29, 0.717) is 11.2 Å². The summed E-state index contributed by atoms with van der Waals surface area (Å²) in [6.45, 7) is 8.89. The molecule has 2 aliphatic heterocycles. The van der Waals surface area contributed by atoms with Crippen molar-refractivity contribution in [1.29, 1.82) is 0 Å². The number of phosphoric acid groups is 1. The number of nitrogens with one attached hydrogen (secondary N) is 1. The normalized spacial score (nSPS) is 28.0. The summed E-state index contributed by atoms with van der Waals surface area (Å²) in [5, 5.41) is 20.8. The Bertz CT molecular complexity index is 1910. The fraction of sp³-hybridized carbons (Fsp3) is 0.615. The minimum atomic E-state index is -4.97. The molecule has 6 rings (SSSR count). The van der Waals surface area contributed by atoms with Crippen molar-refractivity contribution < 1.29 is 42.6 Å². The number of H-pyrrole nitrogens is 1. The van der Waals surface area contributed by atoms with Crippen LogP contribution in [0.4, 0.5) is 11.8 Å². The SMILES string of the molecule is CC(C)(C)[Si](C)(C)O[C@H]1[C@@H](OP(=O)(O)OC[C@H]2O[C@@H](n3cnc4c(N)ncnc43)C[C@@H]2O)[C@H](n2cnc3c(=O)[nH]c(N)nc32)O[C@@H]1CO. The summed E-state index contributed by atoms with van der Waals surface area (Å²) in [5.74, 6) is -0.0135. The smallest absolute Gasteiger partial charge is 0.408 e. The molecule has 20 nitrogen and oxygen atoms in total. The monoisotopic (exact) mass is 710 g/mol. The molecule has 0 amide bonds. The second kappa shape index (κ2) is 12.5. The van der Waals surface area contributed by atoms with Crippen LogP contribution in [0.25, 0.3) is 22.3 Å². The largest absolute Gasteiger partial charge is 0.472 e. The predicted octanol–water partition coefficient (Wildman–Crippen LogP) is 0.555. The summed E-state index contributed by atoms with van der Waals surface area (Å²) in [4.78, 5) is 46.5. The molecule has 48 heavy (non-hydrogen) atoms. The van der Waals surface area contributed by atoms with Gasteiger partial charge in [-0.05, 0) is 18.1 Å². The van der Waals surface area contributed by atoms with Gasteiger partial charge < -0.3 is 40.5 Å². The number of ether oxygens (including phenoxy) is 2. The maximum absolute atomic E-state index is 13.6. The van der Waals surface area contributed by atoms with Crippen molar-refractivity contribution in [1.82, 2.24) is 39.0 Å². The van der Waals surface area contributed by atoms with Crippen LogP contribution in [0.3, 0.4) is 0 Å². The Kier molecular flexibility index (Phi) is 8.98. The molecule has 1 unspecified atom stereocenters. The number of aromatic amines is 1. The zero-order valence-electron chi connectivity index (χ0n) is 26.8. The Balaban J connectivity index is 1.25. The molecule has 4 aromatic heterocycles. The number of hydrogen-bond donors (Lipinski definition) is 6. The molecular formula is C26H39N10O10PSi. The number of aliphatic hydroxyl groups is 2. The van der Waals surface area contributed by atoms with Crippen LogP contribution in [0.2, 0.25) is 18.1 Å². The van der Waals surface area contributed by atoms with Crippen molar-refractivity contribution in [2.24, 2.45) is 0 Å². The molecule has 262 valence electrons. The van der Waals surface area contributed by atoms with Gasteiger partial charge in [0.05, 0.1) is 32.0 Å². The van der Waals surface area contributed by atoms with E-state index in [9.17, 15) is 24.5 Å². The maximum atomic E-state index is 13.6. The van der Waals surface area contributed by atoms with Crippen molar-refractivity contribution in [3.63, 3.8) is 0 Å². The van der Waals surface area contributed by atoms with Gasteiger partial charge in [0.2, 0.25) is 5.95 Å². The molecule has 2 fully saturated rings. The van der Waals surface area contributed by atoms with E-state index >= 15 is 0 Å².